The molecular weight excluding hydrogens is 343 g/mol. The van der Waals surface area contributed by atoms with E-state index in [0.717, 1.165) is 12.3 Å². The Labute approximate surface area is 146 Å². The zero-order chi connectivity index (χ0) is 18.6. The Morgan fingerprint density at radius 1 is 1.20 bits per heavy atom. The van der Waals surface area contributed by atoms with Crippen molar-refractivity contribution in [2.24, 2.45) is 0 Å². The second-order valence-electron chi connectivity index (χ2n) is 5.56. The van der Waals surface area contributed by atoms with E-state index in [1.807, 2.05) is 6.07 Å². The molecule has 0 aliphatic rings. The Bertz CT molecular complexity index is 932. The molecule has 0 bridgehead atoms. The molecule has 0 N–H and O–H groups in total. The van der Waals surface area contributed by atoms with Crippen LogP contribution in [0.15, 0.2) is 47.4 Å². The highest BCUT2D eigenvalue weighted by Crippen LogP contribution is 2.22. The first-order valence-electron chi connectivity index (χ1n) is 7.54. The lowest BCUT2D eigenvalue weighted by Crippen LogP contribution is -2.29. The number of carbonyl (C=O) groups is 1. The topological polar surface area (TPSA) is 78.2 Å². The number of hydrogen-bond acceptors (Lipinski definition) is 4. The summed E-state index contributed by atoms with van der Waals surface area (Å²) in [5.41, 5.74) is 1.10. The third-order valence-corrected chi connectivity index (χ3v) is 4.75. The Kier molecular flexibility index (Phi) is 5.55. The second kappa shape index (κ2) is 7.45. The van der Waals surface area contributed by atoms with Crippen LogP contribution in [0.4, 0.5) is 10.1 Å². The van der Waals surface area contributed by atoms with Gasteiger partial charge >= 0.3 is 0 Å². The van der Waals surface area contributed by atoms with Crippen molar-refractivity contribution in [3.8, 4) is 6.07 Å². The van der Waals surface area contributed by atoms with Gasteiger partial charge in [-0.3, -0.25) is 4.79 Å². The highest BCUT2D eigenvalue weighted by Gasteiger charge is 2.17. The number of rotatable bonds is 5. The van der Waals surface area contributed by atoms with Gasteiger partial charge in [0.05, 0.1) is 23.1 Å². The summed E-state index contributed by atoms with van der Waals surface area (Å²) in [6.07, 6.45) is 1.32. The summed E-state index contributed by atoms with van der Waals surface area (Å²) in [5, 5.41) is 8.98. The zero-order valence-electron chi connectivity index (χ0n) is 13.9. The highest BCUT2D eigenvalue weighted by atomic mass is 32.2. The third-order valence-electron chi connectivity index (χ3n) is 3.62. The average Bonchev–Trinajstić information content (AvgIpc) is 2.58. The normalized spacial score (nSPS) is 11.0. The van der Waals surface area contributed by atoms with Gasteiger partial charge in [-0.15, -0.1) is 0 Å². The van der Waals surface area contributed by atoms with Crippen molar-refractivity contribution in [3.05, 3.63) is 59.4 Å². The lowest BCUT2D eigenvalue weighted by molar-refractivity contribution is -0.118. The molecule has 2 rings (SSSR count). The Morgan fingerprint density at radius 2 is 1.84 bits per heavy atom. The standard InChI is InChI=1S/C18H17FN2O3S/c1-3-18(22)21(16-9-14(11-20)8-15(19)10-16)12-13-4-6-17(7-5-13)25(2,23)24/h4-10H,3,12H2,1-2H3. The van der Waals surface area contributed by atoms with Crippen molar-refractivity contribution in [3.63, 3.8) is 0 Å². The molecule has 25 heavy (non-hydrogen) atoms. The Morgan fingerprint density at radius 3 is 2.36 bits per heavy atom. The Hall–Kier alpha value is -2.72. The summed E-state index contributed by atoms with van der Waals surface area (Å²) in [6, 6.07) is 11.7. The summed E-state index contributed by atoms with van der Waals surface area (Å²) in [4.78, 5) is 13.8. The van der Waals surface area contributed by atoms with Crippen molar-refractivity contribution in [2.75, 3.05) is 11.2 Å². The molecule has 0 spiro atoms. The number of sulfone groups is 1. The minimum absolute atomic E-state index is 0.122. The van der Waals surface area contributed by atoms with Gasteiger partial charge in [0, 0.05) is 18.4 Å². The van der Waals surface area contributed by atoms with Crippen molar-refractivity contribution in [2.45, 2.75) is 24.8 Å². The van der Waals surface area contributed by atoms with E-state index in [1.54, 1.807) is 19.1 Å². The predicted molar refractivity (Wildman–Crippen MR) is 92.1 cm³/mol. The lowest BCUT2D eigenvalue weighted by atomic mass is 10.1. The smallest absolute Gasteiger partial charge is 0.227 e. The maximum absolute atomic E-state index is 13.7. The highest BCUT2D eigenvalue weighted by molar-refractivity contribution is 7.90. The number of halogens is 1. The van der Waals surface area contributed by atoms with E-state index in [-0.39, 0.29) is 35.0 Å². The Balaban J connectivity index is 2.38. The van der Waals surface area contributed by atoms with Crippen LogP contribution in [-0.2, 0) is 21.2 Å². The van der Waals surface area contributed by atoms with Crippen molar-refractivity contribution in [1.82, 2.24) is 0 Å². The molecule has 0 aliphatic heterocycles. The van der Waals surface area contributed by atoms with E-state index in [0.29, 0.717) is 5.56 Å². The van der Waals surface area contributed by atoms with Crippen LogP contribution < -0.4 is 4.90 Å². The molecule has 1 amide bonds. The van der Waals surface area contributed by atoms with Gasteiger partial charge in [0.15, 0.2) is 9.84 Å². The fourth-order valence-corrected chi connectivity index (χ4v) is 2.96. The SMILES string of the molecule is CCC(=O)N(Cc1ccc(S(C)(=O)=O)cc1)c1cc(F)cc(C#N)c1. The molecule has 0 atom stereocenters. The first-order chi connectivity index (χ1) is 11.7. The van der Waals surface area contributed by atoms with E-state index < -0.39 is 15.7 Å². The van der Waals surface area contributed by atoms with E-state index in [1.165, 1.54) is 29.2 Å². The van der Waals surface area contributed by atoms with E-state index >= 15 is 0 Å². The molecule has 0 fully saturated rings. The maximum atomic E-state index is 13.7. The molecule has 0 heterocycles. The quantitative estimate of drug-likeness (QED) is 0.821. The second-order valence-corrected chi connectivity index (χ2v) is 7.58. The minimum atomic E-state index is -3.30. The number of benzene rings is 2. The van der Waals surface area contributed by atoms with Crippen LogP contribution in [0.25, 0.3) is 0 Å². The summed E-state index contributed by atoms with van der Waals surface area (Å²) in [5.74, 6) is -0.836. The van der Waals surface area contributed by atoms with Crippen LogP contribution >= 0.6 is 0 Å². The number of carbonyl (C=O) groups excluding carboxylic acids is 1. The molecule has 5 nitrogen and oxygen atoms in total. The van der Waals surface area contributed by atoms with Gasteiger partial charge in [0.1, 0.15) is 5.82 Å². The van der Waals surface area contributed by atoms with E-state index in [4.69, 9.17) is 5.26 Å². The van der Waals surface area contributed by atoms with E-state index in [2.05, 4.69) is 0 Å². The fraction of sp³-hybridized carbons (Fsp3) is 0.222. The van der Waals surface area contributed by atoms with Crippen LogP contribution in [0, 0.1) is 17.1 Å². The van der Waals surface area contributed by atoms with Crippen LogP contribution in [0.1, 0.15) is 24.5 Å². The number of amides is 1. The van der Waals surface area contributed by atoms with Gasteiger partial charge in [-0.05, 0) is 35.9 Å². The van der Waals surface area contributed by atoms with Gasteiger partial charge in [-0.2, -0.15) is 5.26 Å². The fourth-order valence-electron chi connectivity index (χ4n) is 2.33. The van der Waals surface area contributed by atoms with Crippen LogP contribution in [0.2, 0.25) is 0 Å². The summed E-state index contributed by atoms with van der Waals surface area (Å²) in [6.45, 7) is 1.83. The monoisotopic (exact) mass is 360 g/mol. The number of nitriles is 1. The minimum Gasteiger partial charge on any atom is -0.308 e. The molecule has 0 saturated carbocycles. The van der Waals surface area contributed by atoms with Crippen molar-refractivity contribution in [1.29, 1.82) is 5.26 Å². The first kappa shape index (κ1) is 18.6. The molecule has 0 aliphatic carbocycles. The van der Waals surface area contributed by atoms with Crippen molar-refractivity contribution < 1.29 is 17.6 Å². The summed E-state index contributed by atoms with van der Waals surface area (Å²) < 4.78 is 36.7. The van der Waals surface area contributed by atoms with Gasteiger partial charge in [0.25, 0.3) is 0 Å². The van der Waals surface area contributed by atoms with Gasteiger partial charge in [-0.25, -0.2) is 12.8 Å². The average molecular weight is 360 g/mol. The molecule has 7 heteroatoms. The molecule has 0 unspecified atom stereocenters. The largest absolute Gasteiger partial charge is 0.308 e. The molecular formula is C18H17FN2O3S. The van der Waals surface area contributed by atoms with Crippen LogP contribution in [0.3, 0.4) is 0 Å². The number of hydrogen-bond donors (Lipinski definition) is 0. The molecule has 2 aromatic rings. The summed E-state index contributed by atoms with van der Waals surface area (Å²) >= 11 is 0. The molecule has 0 aromatic heterocycles. The molecule has 0 saturated heterocycles. The maximum Gasteiger partial charge on any atom is 0.227 e. The molecule has 0 radical (unpaired) electrons. The first-order valence-corrected chi connectivity index (χ1v) is 9.43. The van der Waals surface area contributed by atoms with E-state index in [9.17, 15) is 17.6 Å². The van der Waals surface area contributed by atoms with Gasteiger partial charge in [-0.1, -0.05) is 19.1 Å². The van der Waals surface area contributed by atoms with Gasteiger partial charge < -0.3 is 4.90 Å². The third kappa shape index (κ3) is 4.64. The van der Waals surface area contributed by atoms with Crippen molar-refractivity contribution >= 4 is 21.4 Å². The lowest BCUT2D eigenvalue weighted by Gasteiger charge is -2.23. The number of anilines is 1. The van der Waals surface area contributed by atoms with Crippen LogP contribution in [-0.4, -0.2) is 20.6 Å². The molecule has 130 valence electrons. The van der Waals surface area contributed by atoms with Crippen LogP contribution in [0.5, 0.6) is 0 Å². The summed E-state index contributed by atoms with van der Waals surface area (Å²) in [7, 11) is -3.30. The zero-order valence-corrected chi connectivity index (χ0v) is 14.7. The van der Waals surface area contributed by atoms with Gasteiger partial charge in [0.2, 0.25) is 5.91 Å². The number of nitrogens with zero attached hydrogens (tertiary/aromatic N) is 2. The molecule has 2 aromatic carbocycles. The predicted octanol–water partition coefficient (Wildman–Crippen LogP) is 3.04.